The van der Waals surface area contributed by atoms with Crippen molar-refractivity contribution in [3.63, 3.8) is 0 Å². The van der Waals surface area contributed by atoms with E-state index in [9.17, 15) is 30.0 Å². The second kappa shape index (κ2) is 11.8. The van der Waals surface area contributed by atoms with Crippen molar-refractivity contribution in [2.24, 2.45) is 29.6 Å². The molecule has 0 aromatic heterocycles. The van der Waals surface area contributed by atoms with Gasteiger partial charge in [0.15, 0.2) is 6.29 Å². The zero-order chi connectivity index (χ0) is 26.0. The molecule has 2 heterocycles. The van der Waals surface area contributed by atoms with Crippen LogP contribution in [0.25, 0.3) is 0 Å². The minimum atomic E-state index is -1.42. The van der Waals surface area contributed by atoms with Gasteiger partial charge in [0.25, 0.3) is 0 Å². The maximum absolute atomic E-state index is 12.9. The number of Topliss-reactive ketones (excluding diaryl/α,β-unsaturated/α-hetero) is 1. The smallest absolute Gasteiger partial charge is 0.311 e. The van der Waals surface area contributed by atoms with Crippen molar-refractivity contribution in [3.05, 3.63) is 0 Å². The molecule has 198 valence electrons. The fraction of sp³-hybridized carbons (Fsp3) is 0.920. The fourth-order valence-corrected chi connectivity index (χ4v) is 5.42. The van der Waals surface area contributed by atoms with Crippen LogP contribution in [0.4, 0.5) is 0 Å². The number of aliphatic hydroxyl groups is 4. The Morgan fingerprint density at radius 2 is 1.53 bits per heavy atom. The lowest BCUT2D eigenvalue weighted by molar-refractivity contribution is -0.261. The van der Waals surface area contributed by atoms with Gasteiger partial charge in [-0.05, 0) is 45.4 Å². The topological polar surface area (TPSA) is 143 Å². The van der Waals surface area contributed by atoms with Gasteiger partial charge in [0, 0.05) is 18.3 Å². The largest absolute Gasteiger partial charge is 0.463 e. The van der Waals surface area contributed by atoms with Crippen molar-refractivity contribution in [1.29, 1.82) is 0 Å². The van der Waals surface area contributed by atoms with Gasteiger partial charge in [-0.2, -0.15) is 0 Å². The van der Waals surface area contributed by atoms with Crippen LogP contribution in [0.3, 0.4) is 0 Å². The number of aliphatic hydroxyl groups excluding tert-OH is 3. The quantitative estimate of drug-likeness (QED) is 0.424. The van der Waals surface area contributed by atoms with Gasteiger partial charge < -0.3 is 34.6 Å². The number of hydrogen-bond donors (Lipinski definition) is 4. The summed E-state index contributed by atoms with van der Waals surface area (Å²) in [6, 6.07) is 0. The number of hydrogen-bond acceptors (Lipinski definition) is 9. The predicted molar refractivity (Wildman–Crippen MR) is 123 cm³/mol. The summed E-state index contributed by atoms with van der Waals surface area (Å²) < 4.78 is 17.4. The van der Waals surface area contributed by atoms with Crippen molar-refractivity contribution in [3.8, 4) is 0 Å². The molecule has 4 N–H and O–H groups in total. The molecule has 2 rings (SSSR count). The highest BCUT2D eigenvalue weighted by Gasteiger charge is 2.42. The van der Waals surface area contributed by atoms with Gasteiger partial charge in [-0.3, -0.25) is 9.59 Å². The molecule has 2 saturated heterocycles. The van der Waals surface area contributed by atoms with Crippen LogP contribution >= 0.6 is 0 Å². The Hall–Kier alpha value is -1.10. The molecule has 2 aliphatic rings. The lowest BCUT2D eigenvalue weighted by Crippen LogP contribution is -2.48. The van der Waals surface area contributed by atoms with E-state index in [1.165, 1.54) is 6.92 Å². The molecule has 9 heteroatoms. The van der Waals surface area contributed by atoms with E-state index in [1.807, 2.05) is 13.8 Å². The lowest BCUT2D eigenvalue weighted by Gasteiger charge is -2.41. The summed E-state index contributed by atoms with van der Waals surface area (Å²) in [5, 5.41) is 42.1. The summed E-state index contributed by atoms with van der Waals surface area (Å²) in [7, 11) is 0. The Morgan fingerprint density at radius 1 is 0.912 bits per heavy atom. The van der Waals surface area contributed by atoms with Crippen molar-refractivity contribution in [2.75, 3.05) is 6.61 Å². The highest BCUT2D eigenvalue weighted by molar-refractivity contribution is 5.83. The molecule has 0 bridgehead atoms. The molecule has 0 amide bonds. The number of ether oxygens (including phenoxy) is 3. The first-order valence-corrected chi connectivity index (χ1v) is 12.4. The predicted octanol–water partition coefficient (Wildman–Crippen LogP) is 1.43. The van der Waals surface area contributed by atoms with E-state index >= 15 is 0 Å². The van der Waals surface area contributed by atoms with Gasteiger partial charge in [0.1, 0.15) is 18.5 Å². The highest BCUT2D eigenvalue weighted by Crippen LogP contribution is 2.34. The molecule has 0 aromatic rings. The van der Waals surface area contributed by atoms with Gasteiger partial charge in [-0.15, -0.1) is 0 Å². The van der Waals surface area contributed by atoms with E-state index in [0.717, 1.165) is 0 Å². The van der Waals surface area contributed by atoms with Gasteiger partial charge in [0.05, 0.1) is 35.9 Å². The summed E-state index contributed by atoms with van der Waals surface area (Å²) in [5.41, 5.74) is -1.24. The van der Waals surface area contributed by atoms with Gasteiger partial charge in [0.2, 0.25) is 0 Å². The van der Waals surface area contributed by atoms with Crippen LogP contribution in [0.5, 0.6) is 0 Å². The molecule has 0 spiro atoms. The molecular formula is C25H44O9. The SMILES string of the molecule is CC1C(=O)[C@H](C)C[C@@](C)(O)C[C@@H](C)[C@H](O[C@H]2CC(C)[C@@H](O)C(C)O2)C(C)C(=O)OCC(O)C1O. The molecule has 12 atom stereocenters. The Labute approximate surface area is 202 Å². The molecule has 34 heavy (non-hydrogen) atoms. The molecule has 6 unspecified atom stereocenters. The molecule has 0 aromatic carbocycles. The van der Waals surface area contributed by atoms with E-state index in [2.05, 4.69) is 0 Å². The number of carbonyl (C=O) groups is 2. The van der Waals surface area contributed by atoms with Crippen molar-refractivity contribution in [1.82, 2.24) is 0 Å². The second-order valence-electron chi connectivity index (χ2n) is 11.0. The van der Waals surface area contributed by atoms with Crippen molar-refractivity contribution < 1.29 is 44.2 Å². The maximum Gasteiger partial charge on any atom is 0.311 e. The monoisotopic (exact) mass is 488 g/mol. The van der Waals surface area contributed by atoms with Crippen LogP contribution in [0.2, 0.25) is 0 Å². The molecule has 2 fully saturated rings. The number of ketones is 1. The summed E-state index contributed by atoms with van der Waals surface area (Å²) in [6.45, 7) is 11.6. The third kappa shape index (κ3) is 7.21. The average Bonchev–Trinajstić information content (AvgIpc) is 2.75. The Balaban J connectivity index is 2.30. The minimum absolute atomic E-state index is 0.0570. The summed E-state index contributed by atoms with van der Waals surface area (Å²) in [4.78, 5) is 25.7. The standard InChI is InChI=1S/C25H44O9/c1-12-8-19(33-17(6)21(12)28)34-23-14(3)10-25(7,31)9-13(2)20(27)15(4)22(29)18(26)11-32-24(30)16(23)5/h12-19,21-23,26,28-29,31H,8-11H2,1-7H3/t12?,13-,14-,15?,16?,17?,18?,19+,21-,22?,23+,25-/m1/s1. The molecule has 0 radical (unpaired) electrons. The van der Waals surface area contributed by atoms with E-state index < -0.39 is 72.7 Å². The van der Waals surface area contributed by atoms with E-state index in [4.69, 9.17) is 14.2 Å². The second-order valence-corrected chi connectivity index (χ2v) is 11.0. The third-order valence-corrected chi connectivity index (χ3v) is 7.47. The molecule has 0 aliphatic carbocycles. The summed E-state index contributed by atoms with van der Waals surface area (Å²) in [5.74, 6) is -3.45. The van der Waals surface area contributed by atoms with Crippen LogP contribution < -0.4 is 0 Å². The van der Waals surface area contributed by atoms with Crippen molar-refractivity contribution >= 4 is 11.8 Å². The van der Waals surface area contributed by atoms with Crippen LogP contribution in [0, 0.1) is 29.6 Å². The summed E-state index contributed by atoms with van der Waals surface area (Å²) in [6.07, 6.45) is -4.34. The van der Waals surface area contributed by atoms with Crippen LogP contribution in [0.1, 0.15) is 67.7 Å². The number of carbonyl (C=O) groups excluding carboxylic acids is 2. The Kier molecular flexibility index (Phi) is 10.1. The Bertz CT molecular complexity index is 684. The van der Waals surface area contributed by atoms with Crippen LogP contribution in [0.15, 0.2) is 0 Å². The highest BCUT2D eigenvalue weighted by atomic mass is 16.7. The van der Waals surface area contributed by atoms with Gasteiger partial charge >= 0.3 is 5.97 Å². The normalized spacial score (nSPS) is 48.1. The van der Waals surface area contributed by atoms with Crippen LogP contribution in [-0.4, -0.2) is 81.2 Å². The molecule has 0 saturated carbocycles. The summed E-state index contributed by atoms with van der Waals surface area (Å²) >= 11 is 0. The van der Waals surface area contributed by atoms with Gasteiger partial charge in [-0.1, -0.05) is 27.7 Å². The van der Waals surface area contributed by atoms with E-state index in [0.29, 0.717) is 6.42 Å². The fourth-order valence-electron chi connectivity index (χ4n) is 5.42. The first kappa shape index (κ1) is 29.1. The molecular weight excluding hydrogens is 444 g/mol. The van der Waals surface area contributed by atoms with Crippen LogP contribution in [-0.2, 0) is 23.8 Å². The zero-order valence-corrected chi connectivity index (χ0v) is 21.5. The lowest BCUT2D eigenvalue weighted by atomic mass is 9.78. The zero-order valence-electron chi connectivity index (χ0n) is 21.5. The third-order valence-electron chi connectivity index (χ3n) is 7.47. The minimum Gasteiger partial charge on any atom is -0.463 e. The molecule has 2 aliphatic heterocycles. The average molecular weight is 489 g/mol. The first-order valence-electron chi connectivity index (χ1n) is 12.4. The molecule has 9 nitrogen and oxygen atoms in total. The van der Waals surface area contributed by atoms with Crippen molar-refractivity contribution in [2.45, 2.75) is 110 Å². The maximum atomic E-state index is 12.9. The first-order chi connectivity index (χ1) is 15.6. The number of rotatable bonds is 2. The Morgan fingerprint density at radius 3 is 2.12 bits per heavy atom. The number of esters is 1. The van der Waals surface area contributed by atoms with Gasteiger partial charge in [-0.25, -0.2) is 0 Å². The number of cyclic esters (lactones) is 1. The van der Waals surface area contributed by atoms with E-state index in [-0.39, 0.29) is 30.5 Å². The van der Waals surface area contributed by atoms with E-state index in [1.54, 1.807) is 27.7 Å².